The Hall–Kier alpha value is -3.42. The second-order valence-electron chi connectivity index (χ2n) is 6.19. The summed E-state index contributed by atoms with van der Waals surface area (Å²) < 4.78 is 15.3. The van der Waals surface area contributed by atoms with Crippen molar-refractivity contribution >= 4 is 17.4 Å². The topological polar surface area (TPSA) is 105 Å². The first-order chi connectivity index (χ1) is 13.2. The summed E-state index contributed by atoms with van der Waals surface area (Å²) in [5.41, 5.74) is 1.52. The monoisotopic (exact) mass is 387 g/mol. The Bertz CT molecular complexity index is 936. The molecule has 0 amide bonds. The van der Waals surface area contributed by atoms with E-state index in [1.54, 1.807) is 18.2 Å². The predicted octanol–water partition coefficient (Wildman–Crippen LogP) is 3.66. The summed E-state index contributed by atoms with van der Waals surface area (Å²) in [4.78, 5) is 35.7. The van der Waals surface area contributed by atoms with Crippen molar-refractivity contribution in [2.75, 3.05) is 14.2 Å². The van der Waals surface area contributed by atoms with Crippen molar-refractivity contribution in [3.05, 3.63) is 62.7 Å². The molecule has 28 heavy (non-hydrogen) atoms. The third-order valence-electron chi connectivity index (χ3n) is 4.36. The number of nitro benzene ring substituents is 1. The molecule has 2 aromatic rings. The largest absolute Gasteiger partial charge is 0.493 e. The number of esters is 1. The van der Waals surface area contributed by atoms with Crippen molar-refractivity contribution in [3.8, 4) is 11.5 Å². The van der Waals surface area contributed by atoms with E-state index in [0.29, 0.717) is 5.56 Å². The van der Waals surface area contributed by atoms with Crippen molar-refractivity contribution in [3.63, 3.8) is 0 Å². The quantitative estimate of drug-likeness (QED) is 0.309. The molecule has 0 fully saturated rings. The van der Waals surface area contributed by atoms with Crippen molar-refractivity contribution < 1.29 is 28.7 Å². The predicted molar refractivity (Wildman–Crippen MR) is 101 cm³/mol. The Labute approximate surface area is 162 Å². The highest BCUT2D eigenvalue weighted by Crippen LogP contribution is 2.35. The Morgan fingerprint density at radius 2 is 1.61 bits per heavy atom. The minimum absolute atomic E-state index is 0.102. The van der Waals surface area contributed by atoms with Crippen LogP contribution >= 0.6 is 0 Å². The van der Waals surface area contributed by atoms with Gasteiger partial charge in [-0.15, -0.1) is 0 Å². The van der Waals surface area contributed by atoms with E-state index in [1.807, 2.05) is 13.8 Å². The van der Waals surface area contributed by atoms with Gasteiger partial charge in [0.25, 0.3) is 5.69 Å². The highest BCUT2D eigenvalue weighted by atomic mass is 16.6. The van der Waals surface area contributed by atoms with Crippen LogP contribution in [0.1, 0.15) is 38.8 Å². The molecule has 0 bridgehead atoms. The molecule has 2 rings (SSSR count). The van der Waals surface area contributed by atoms with Crippen molar-refractivity contribution in [2.45, 2.75) is 26.9 Å². The zero-order valence-corrected chi connectivity index (χ0v) is 16.3. The number of hydrogen-bond acceptors (Lipinski definition) is 7. The van der Waals surface area contributed by atoms with Gasteiger partial charge in [-0.1, -0.05) is 12.1 Å². The summed E-state index contributed by atoms with van der Waals surface area (Å²) in [5.74, 6) is -1.17. The second-order valence-corrected chi connectivity index (χ2v) is 6.19. The van der Waals surface area contributed by atoms with Crippen LogP contribution in [0.15, 0.2) is 30.3 Å². The summed E-state index contributed by atoms with van der Waals surface area (Å²) in [6.45, 7) is 5.21. The van der Waals surface area contributed by atoms with Crippen LogP contribution in [0.3, 0.4) is 0 Å². The Kier molecular flexibility index (Phi) is 6.35. The molecular weight excluding hydrogens is 366 g/mol. The molecule has 0 unspecified atom stereocenters. The van der Waals surface area contributed by atoms with Gasteiger partial charge in [0.2, 0.25) is 5.78 Å². The molecular formula is C20H21NO7. The van der Waals surface area contributed by atoms with Gasteiger partial charge in [0.15, 0.2) is 17.6 Å². The molecule has 1 atom stereocenters. The van der Waals surface area contributed by atoms with Gasteiger partial charge >= 0.3 is 5.97 Å². The smallest absolute Gasteiger partial charge is 0.346 e. The molecule has 0 spiro atoms. The maximum Gasteiger partial charge on any atom is 0.346 e. The maximum atomic E-state index is 12.6. The number of Topliss-reactive ketones (excluding diaryl/α,β-unsaturated/α-hetero) is 1. The third kappa shape index (κ3) is 4.28. The molecule has 0 aliphatic rings. The summed E-state index contributed by atoms with van der Waals surface area (Å²) in [5, 5.41) is 11.3. The first-order valence-corrected chi connectivity index (χ1v) is 8.42. The standard InChI is InChI=1S/C20H21NO7/c1-11-6-7-14(8-12(11)2)19(22)13(3)28-20(23)15-9-17(26-4)18(27-5)10-16(15)21(24)25/h6-10,13H,1-5H3/t13-/m1/s1. The lowest BCUT2D eigenvalue weighted by Gasteiger charge is -2.14. The SMILES string of the molecule is COc1cc(C(=O)O[C@H](C)C(=O)c2ccc(C)c(C)c2)c([N+](=O)[O-])cc1OC. The van der Waals surface area contributed by atoms with Crippen LogP contribution in [0.5, 0.6) is 11.5 Å². The summed E-state index contributed by atoms with van der Waals surface area (Å²) in [6, 6.07) is 7.39. The number of benzene rings is 2. The van der Waals surface area contributed by atoms with E-state index in [1.165, 1.54) is 21.1 Å². The van der Waals surface area contributed by atoms with Crippen molar-refractivity contribution in [1.29, 1.82) is 0 Å². The average molecular weight is 387 g/mol. The van der Waals surface area contributed by atoms with Crippen molar-refractivity contribution in [2.24, 2.45) is 0 Å². The molecule has 0 saturated carbocycles. The number of methoxy groups -OCH3 is 2. The van der Waals surface area contributed by atoms with Gasteiger partial charge < -0.3 is 14.2 Å². The Balaban J connectivity index is 2.31. The molecule has 0 aliphatic heterocycles. The van der Waals surface area contributed by atoms with E-state index >= 15 is 0 Å². The fourth-order valence-electron chi connectivity index (χ4n) is 2.59. The van der Waals surface area contributed by atoms with Crippen LogP contribution < -0.4 is 9.47 Å². The van der Waals surface area contributed by atoms with Crippen LogP contribution in [0.2, 0.25) is 0 Å². The number of hydrogen-bond donors (Lipinski definition) is 0. The van der Waals surface area contributed by atoms with Gasteiger partial charge in [0.1, 0.15) is 5.56 Å². The van der Waals surface area contributed by atoms with Gasteiger partial charge in [0, 0.05) is 11.6 Å². The fraction of sp³-hybridized carbons (Fsp3) is 0.300. The number of nitro groups is 1. The molecule has 8 nitrogen and oxygen atoms in total. The van der Waals surface area contributed by atoms with Gasteiger partial charge in [-0.25, -0.2) is 4.79 Å². The van der Waals surface area contributed by atoms with Gasteiger partial charge in [-0.3, -0.25) is 14.9 Å². The zero-order chi connectivity index (χ0) is 21.0. The van der Waals surface area contributed by atoms with Gasteiger partial charge in [-0.05, 0) is 38.0 Å². The summed E-state index contributed by atoms with van der Waals surface area (Å²) in [6.07, 6.45) is -1.12. The number of carbonyl (C=O) groups excluding carboxylic acids is 2. The fourth-order valence-corrected chi connectivity index (χ4v) is 2.59. The lowest BCUT2D eigenvalue weighted by atomic mass is 10.0. The van der Waals surface area contributed by atoms with E-state index in [-0.39, 0.29) is 17.1 Å². The summed E-state index contributed by atoms with van der Waals surface area (Å²) >= 11 is 0. The molecule has 0 saturated heterocycles. The van der Waals surface area contributed by atoms with E-state index in [0.717, 1.165) is 23.3 Å². The zero-order valence-electron chi connectivity index (χ0n) is 16.3. The minimum atomic E-state index is -1.12. The molecule has 0 N–H and O–H groups in total. The molecule has 8 heteroatoms. The highest BCUT2D eigenvalue weighted by Gasteiger charge is 2.28. The van der Waals surface area contributed by atoms with Crippen LogP contribution in [0.25, 0.3) is 0 Å². The molecule has 148 valence electrons. The van der Waals surface area contributed by atoms with E-state index in [4.69, 9.17) is 14.2 Å². The van der Waals surface area contributed by atoms with Crippen LogP contribution in [-0.4, -0.2) is 37.0 Å². The van der Waals surface area contributed by atoms with Crippen LogP contribution in [-0.2, 0) is 4.74 Å². The molecule has 0 aliphatic carbocycles. The molecule has 0 heterocycles. The Morgan fingerprint density at radius 1 is 1.00 bits per heavy atom. The maximum absolute atomic E-state index is 12.6. The molecule has 2 aromatic carbocycles. The normalized spacial score (nSPS) is 11.5. The first-order valence-electron chi connectivity index (χ1n) is 8.42. The number of aryl methyl sites for hydroxylation is 2. The van der Waals surface area contributed by atoms with Gasteiger partial charge in [0.05, 0.1) is 25.2 Å². The minimum Gasteiger partial charge on any atom is -0.493 e. The van der Waals surface area contributed by atoms with Crippen molar-refractivity contribution in [1.82, 2.24) is 0 Å². The number of rotatable bonds is 7. The number of ketones is 1. The second kappa shape index (κ2) is 8.51. The van der Waals surface area contributed by atoms with E-state index in [2.05, 4.69) is 0 Å². The van der Waals surface area contributed by atoms with Crippen LogP contribution in [0.4, 0.5) is 5.69 Å². The third-order valence-corrected chi connectivity index (χ3v) is 4.36. The highest BCUT2D eigenvalue weighted by molar-refractivity contribution is 6.02. The van der Waals surface area contributed by atoms with E-state index in [9.17, 15) is 19.7 Å². The first kappa shape index (κ1) is 20.9. The molecule has 0 aromatic heterocycles. The number of ether oxygens (including phenoxy) is 3. The Morgan fingerprint density at radius 3 is 2.14 bits per heavy atom. The summed E-state index contributed by atoms with van der Waals surface area (Å²) in [7, 11) is 2.66. The number of nitrogens with zero attached hydrogens (tertiary/aromatic N) is 1. The average Bonchev–Trinajstić information content (AvgIpc) is 2.67. The number of carbonyl (C=O) groups is 2. The molecule has 0 radical (unpaired) electrons. The van der Waals surface area contributed by atoms with Gasteiger partial charge in [-0.2, -0.15) is 0 Å². The lowest BCUT2D eigenvalue weighted by molar-refractivity contribution is -0.385. The van der Waals surface area contributed by atoms with E-state index < -0.39 is 28.5 Å². The lowest BCUT2D eigenvalue weighted by Crippen LogP contribution is -2.25. The van der Waals surface area contributed by atoms with Crippen LogP contribution in [0, 0.1) is 24.0 Å².